The fraction of sp³-hybridized carbons (Fsp3) is 0.364. The Morgan fingerprint density at radius 2 is 1.85 bits per heavy atom. The first-order chi connectivity index (χ1) is 6.24. The van der Waals surface area contributed by atoms with Gasteiger partial charge in [-0.15, -0.1) is 0 Å². The molecule has 0 radical (unpaired) electrons. The van der Waals surface area contributed by atoms with E-state index in [0.717, 1.165) is 12.1 Å². The van der Waals surface area contributed by atoms with Crippen molar-refractivity contribution in [2.45, 2.75) is 6.92 Å². The van der Waals surface area contributed by atoms with Crippen molar-refractivity contribution in [3.05, 3.63) is 29.8 Å². The van der Waals surface area contributed by atoms with Crippen LogP contribution in [-0.2, 0) is 0 Å². The van der Waals surface area contributed by atoms with Gasteiger partial charge in [-0.3, -0.25) is 4.99 Å². The molecule has 0 saturated heterocycles. The fourth-order valence-electron chi connectivity index (χ4n) is 1.06. The molecule has 0 saturated carbocycles. The van der Waals surface area contributed by atoms with Crippen molar-refractivity contribution in [1.82, 2.24) is 0 Å². The largest absolute Gasteiger partial charge is 0.378 e. The minimum atomic E-state index is 0.843. The van der Waals surface area contributed by atoms with E-state index in [4.69, 9.17) is 0 Å². The lowest BCUT2D eigenvalue weighted by molar-refractivity contribution is 1.13. The van der Waals surface area contributed by atoms with Gasteiger partial charge in [0.25, 0.3) is 0 Å². The molecule has 13 heavy (non-hydrogen) atoms. The molecule has 0 spiro atoms. The molecule has 70 valence electrons. The minimum Gasteiger partial charge on any atom is -0.378 e. The molecule has 1 rings (SSSR count). The second kappa shape index (κ2) is 4.65. The van der Waals surface area contributed by atoms with Crippen LogP contribution < -0.4 is 4.90 Å². The maximum atomic E-state index is 4.18. The standard InChI is InChI=1S/C11H16N2/c1-4-12-9-10-5-7-11(8-6-10)13(2)3/h5-9H,4H2,1-3H3. The van der Waals surface area contributed by atoms with Crippen LogP contribution in [0, 0.1) is 0 Å². The van der Waals surface area contributed by atoms with Gasteiger partial charge in [-0.25, -0.2) is 0 Å². The highest BCUT2D eigenvalue weighted by atomic mass is 15.1. The van der Waals surface area contributed by atoms with Gasteiger partial charge >= 0.3 is 0 Å². The molecule has 0 aliphatic heterocycles. The summed E-state index contributed by atoms with van der Waals surface area (Å²) < 4.78 is 0. The van der Waals surface area contributed by atoms with Crippen LogP contribution in [0.15, 0.2) is 29.3 Å². The third kappa shape index (κ3) is 2.90. The first-order valence-electron chi connectivity index (χ1n) is 4.51. The van der Waals surface area contributed by atoms with Gasteiger partial charge in [0.1, 0.15) is 0 Å². The SMILES string of the molecule is CCN=Cc1ccc(N(C)C)cc1. The van der Waals surface area contributed by atoms with E-state index in [1.165, 1.54) is 5.69 Å². The summed E-state index contributed by atoms with van der Waals surface area (Å²) in [6.07, 6.45) is 1.90. The Bertz CT molecular complexity index is 273. The van der Waals surface area contributed by atoms with E-state index in [2.05, 4.69) is 34.2 Å². The second-order valence-corrected chi connectivity index (χ2v) is 3.11. The normalized spacial score (nSPS) is 10.7. The van der Waals surface area contributed by atoms with Gasteiger partial charge in [-0.2, -0.15) is 0 Å². The Morgan fingerprint density at radius 1 is 1.23 bits per heavy atom. The van der Waals surface area contributed by atoms with Crippen LogP contribution in [0.2, 0.25) is 0 Å². The van der Waals surface area contributed by atoms with Gasteiger partial charge in [0.2, 0.25) is 0 Å². The predicted octanol–water partition coefficient (Wildman–Crippen LogP) is 2.19. The molecule has 0 aromatic heterocycles. The zero-order valence-electron chi connectivity index (χ0n) is 8.49. The summed E-state index contributed by atoms with van der Waals surface area (Å²) in [4.78, 5) is 6.26. The average Bonchev–Trinajstić information content (AvgIpc) is 2.15. The fourth-order valence-corrected chi connectivity index (χ4v) is 1.06. The summed E-state index contributed by atoms with van der Waals surface area (Å²) in [5.41, 5.74) is 2.38. The van der Waals surface area contributed by atoms with Crippen LogP contribution in [0.25, 0.3) is 0 Å². The summed E-state index contributed by atoms with van der Waals surface area (Å²) >= 11 is 0. The van der Waals surface area contributed by atoms with E-state index < -0.39 is 0 Å². The van der Waals surface area contributed by atoms with Gasteiger partial charge in [0, 0.05) is 32.5 Å². The Balaban J connectivity index is 2.75. The molecule has 0 unspecified atom stereocenters. The lowest BCUT2D eigenvalue weighted by atomic mass is 10.2. The summed E-state index contributed by atoms with van der Waals surface area (Å²) in [7, 11) is 4.07. The van der Waals surface area contributed by atoms with Crippen LogP contribution in [-0.4, -0.2) is 26.9 Å². The van der Waals surface area contributed by atoms with Crippen molar-refractivity contribution in [1.29, 1.82) is 0 Å². The van der Waals surface area contributed by atoms with Crippen LogP contribution in [0.5, 0.6) is 0 Å². The smallest absolute Gasteiger partial charge is 0.0361 e. The molecule has 2 heteroatoms. The van der Waals surface area contributed by atoms with E-state index >= 15 is 0 Å². The second-order valence-electron chi connectivity index (χ2n) is 3.11. The number of hydrogen-bond donors (Lipinski definition) is 0. The molecule has 0 atom stereocenters. The number of aliphatic imine (C=N–C) groups is 1. The summed E-state index contributed by atoms with van der Waals surface area (Å²) in [6.45, 7) is 2.88. The molecular weight excluding hydrogens is 160 g/mol. The first-order valence-corrected chi connectivity index (χ1v) is 4.51. The molecule has 1 aromatic rings. The van der Waals surface area contributed by atoms with E-state index in [0.29, 0.717) is 0 Å². The third-order valence-electron chi connectivity index (χ3n) is 1.83. The van der Waals surface area contributed by atoms with Crippen molar-refractivity contribution >= 4 is 11.9 Å². The van der Waals surface area contributed by atoms with Crippen molar-refractivity contribution in [2.75, 3.05) is 25.5 Å². The first kappa shape index (κ1) is 9.78. The molecule has 0 heterocycles. The van der Waals surface area contributed by atoms with Crippen molar-refractivity contribution < 1.29 is 0 Å². The molecule has 1 aromatic carbocycles. The van der Waals surface area contributed by atoms with E-state index in [9.17, 15) is 0 Å². The Morgan fingerprint density at radius 3 is 2.31 bits per heavy atom. The van der Waals surface area contributed by atoms with E-state index in [-0.39, 0.29) is 0 Å². The van der Waals surface area contributed by atoms with Crippen molar-refractivity contribution in [3.63, 3.8) is 0 Å². The molecule has 0 N–H and O–H groups in total. The maximum absolute atomic E-state index is 4.18. The monoisotopic (exact) mass is 176 g/mol. The number of hydrogen-bond acceptors (Lipinski definition) is 2. The number of nitrogens with zero attached hydrogens (tertiary/aromatic N) is 2. The minimum absolute atomic E-state index is 0.843. The Hall–Kier alpha value is -1.31. The van der Waals surface area contributed by atoms with Gasteiger partial charge < -0.3 is 4.90 Å². The van der Waals surface area contributed by atoms with Gasteiger partial charge in [0.05, 0.1) is 0 Å². The van der Waals surface area contributed by atoms with Gasteiger partial charge in [-0.1, -0.05) is 12.1 Å². The summed E-state index contributed by atoms with van der Waals surface area (Å²) in [5.74, 6) is 0. The lowest BCUT2D eigenvalue weighted by Gasteiger charge is -2.11. The van der Waals surface area contributed by atoms with Crippen LogP contribution in [0.1, 0.15) is 12.5 Å². The van der Waals surface area contributed by atoms with Crippen molar-refractivity contribution in [3.8, 4) is 0 Å². The van der Waals surface area contributed by atoms with E-state index in [1.54, 1.807) is 0 Å². The highest BCUT2D eigenvalue weighted by Gasteiger charge is 1.92. The molecule has 2 nitrogen and oxygen atoms in total. The zero-order valence-corrected chi connectivity index (χ0v) is 8.49. The zero-order chi connectivity index (χ0) is 9.68. The van der Waals surface area contributed by atoms with E-state index in [1.807, 2.05) is 27.2 Å². The topological polar surface area (TPSA) is 15.6 Å². The number of anilines is 1. The maximum Gasteiger partial charge on any atom is 0.0361 e. The number of benzene rings is 1. The third-order valence-corrected chi connectivity index (χ3v) is 1.83. The number of rotatable bonds is 3. The molecule has 0 aliphatic rings. The van der Waals surface area contributed by atoms with Gasteiger partial charge in [0.15, 0.2) is 0 Å². The molecular formula is C11H16N2. The molecule has 0 fully saturated rings. The summed E-state index contributed by atoms with van der Waals surface area (Å²) in [6, 6.07) is 8.34. The highest BCUT2D eigenvalue weighted by molar-refractivity contribution is 5.80. The van der Waals surface area contributed by atoms with Crippen LogP contribution in [0.4, 0.5) is 5.69 Å². The Kier molecular flexibility index (Phi) is 3.50. The average molecular weight is 176 g/mol. The lowest BCUT2D eigenvalue weighted by Crippen LogP contribution is -2.08. The molecule has 0 bridgehead atoms. The predicted molar refractivity (Wildman–Crippen MR) is 58.9 cm³/mol. The summed E-state index contributed by atoms with van der Waals surface area (Å²) in [5, 5.41) is 0. The molecule has 0 amide bonds. The highest BCUT2D eigenvalue weighted by Crippen LogP contribution is 2.10. The van der Waals surface area contributed by atoms with Crippen LogP contribution >= 0.6 is 0 Å². The van der Waals surface area contributed by atoms with Crippen LogP contribution in [0.3, 0.4) is 0 Å². The van der Waals surface area contributed by atoms with Gasteiger partial charge in [-0.05, 0) is 24.6 Å². The molecule has 0 aliphatic carbocycles. The Labute approximate surface area is 79.9 Å². The quantitative estimate of drug-likeness (QED) is 0.645. The van der Waals surface area contributed by atoms with Crippen molar-refractivity contribution in [2.24, 2.45) is 4.99 Å².